The fourth-order valence-electron chi connectivity index (χ4n) is 1.66. The van der Waals surface area contributed by atoms with Crippen molar-refractivity contribution in [3.63, 3.8) is 0 Å². The van der Waals surface area contributed by atoms with Crippen LogP contribution in [0.1, 0.15) is 22.8 Å². The first-order valence-corrected chi connectivity index (χ1v) is 5.54. The fraction of sp³-hybridized carbons (Fsp3) is 0.385. The van der Waals surface area contributed by atoms with E-state index in [2.05, 4.69) is 9.47 Å². The molecule has 0 aliphatic heterocycles. The van der Waals surface area contributed by atoms with Gasteiger partial charge in [0.25, 0.3) is 0 Å². The summed E-state index contributed by atoms with van der Waals surface area (Å²) in [7, 11) is 2.65. The van der Waals surface area contributed by atoms with Gasteiger partial charge in [0.15, 0.2) is 0 Å². The second kappa shape index (κ2) is 6.05. The zero-order chi connectivity index (χ0) is 13.7. The summed E-state index contributed by atoms with van der Waals surface area (Å²) in [6.45, 7) is 1.76. The molecule has 0 aromatic heterocycles. The zero-order valence-corrected chi connectivity index (χ0v) is 10.7. The Kier molecular flexibility index (Phi) is 4.71. The van der Waals surface area contributed by atoms with Gasteiger partial charge < -0.3 is 15.2 Å². The Labute approximate surface area is 106 Å². The quantitative estimate of drug-likeness (QED) is 0.646. The number of anilines is 1. The van der Waals surface area contributed by atoms with Crippen molar-refractivity contribution >= 4 is 17.6 Å². The molecule has 2 N–H and O–H groups in total. The molecule has 98 valence electrons. The van der Waals surface area contributed by atoms with Gasteiger partial charge in [0.05, 0.1) is 25.7 Å². The molecular weight excluding hydrogens is 234 g/mol. The second-order valence-electron chi connectivity index (χ2n) is 4.04. The van der Waals surface area contributed by atoms with Crippen LogP contribution in [0.2, 0.25) is 0 Å². The summed E-state index contributed by atoms with van der Waals surface area (Å²) in [4.78, 5) is 22.8. The molecule has 1 aromatic rings. The number of esters is 2. The van der Waals surface area contributed by atoms with Gasteiger partial charge in [-0.1, -0.05) is 13.0 Å². The summed E-state index contributed by atoms with van der Waals surface area (Å²) in [6.07, 6.45) is 0.483. The average Bonchev–Trinajstić information content (AvgIpc) is 2.38. The number of ether oxygens (including phenoxy) is 2. The number of nitrogen functional groups attached to an aromatic ring is 1. The van der Waals surface area contributed by atoms with E-state index in [0.29, 0.717) is 17.7 Å². The molecule has 0 amide bonds. The van der Waals surface area contributed by atoms with E-state index in [4.69, 9.17) is 5.73 Å². The van der Waals surface area contributed by atoms with Crippen LogP contribution < -0.4 is 5.73 Å². The van der Waals surface area contributed by atoms with Crippen LogP contribution in [0.5, 0.6) is 0 Å². The largest absolute Gasteiger partial charge is 0.469 e. The first-order chi connectivity index (χ1) is 8.49. The first-order valence-electron chi connectivity index (χ1n) is 5.54. The van der Waals surface area contributed by atoms with Crippen molar-refractivity contribution in [1.29, 1.82) is 0 Å². The molecule has 5 heteroatoms. The highest BCUT2D eigenvalue weighted by atomic mass is 16.5. The van der Waals surface area contributed by atoms with Gasteiger partial charge >= 0.3 is 11.9 Å². The van der Waals surface area contributed by atoms with Crippen LogP contribution in [-0.2, 0) is 20.7 Å². The van der Waals surface area contributed by atoms with E-state index in [1.165, 1.54) is 14.2 Å². The minimum absolute atomic E-state index is 0.274. The van der Waals surface area contributed by atoms with Crippen LogP contribution in [-0.4, -0.2) is 26.2 Å². The van der Waals surface area contributed by atoms with E-state index in [1.54, 1.807) is 25.1 Å². The van der Waals surface area contributed by atoms with Crippen LogP contribution in [0.15, 0.2) is 18.2 Å². The molecule has 0 heterocycles. The highest BCUT2D eigenvalue weighted by Crippen LogP contribution is 2.18. The lowest BCUT2D eigenvalue weighted by atomic mass is 9.99. The van der Waals surface area contributed by atoms with E-state index in [1.807, 2.05) is 0 Å². The number of rotatable bonds is 4. The van der Waals surface area contributed by atoms with E-state index in [0.717, 1.165) is 5.56 Å². The van der Waals surface area contributed by atoms with Gasteiger partial charge in [-0.3, -0.25) is 4.79 Å². The minimum Gasteiger partial charge on any atom is -0.469 e. The summed E-state index contributed by atoms with van der Waals surface area (Å²) in [6, 6.07) is 5.05. The Morgan fingerprint density at radius 2 is 1.94 bits per heavy atom. The number of carbonyl (C=O) groups is 2. The summed E-state index contributed by atoms with van der Waals surface area (Å²) < 4.78 is 9.29. The normalized spacial score (nSPS) is 11.7. The first kappa shape index (κ1) is 14.0. The van der Waals surface area contributed by atoms with Crippen molar-refractivity contribution in [1.82, 2.24) is 0 Å². The molecule has 0 bridgehead atoms. The van der Waals surface area contributed by atoms with Crippen LogP contribution in [0, 0.1) is 5.92 Å². The Hall–Kier alpha value is -2.04. The molecule has 0 aliphatic rings. The Morgan fingerprint density at radius 1 is 1.28 bits per heavy atom. The maximum absolute atomic E-state index is 11.5. The van der Waals surface area contributed by atoms with Gasteiger partial charge in [0, 0.05) is 5.69 Å². The molecule has 0 radical (unpaired) electrons. The van der Waals surface area contributed by atoms with Crippen molar-refractivity contribution in [2.24, 2.45) is 5.92 Å². The van der Waals surface area contributed by atoms with Gasteiger partial charge in [-0.25, -0.2) is 4.79 Å². The van der Waals surface area contributed by atoms with Crippen molar-refractivity contribution in [2.45, 2.75) is 13.3 Å². The lowest BCUT2D eigenvalue weighted by Crippen LogP contribution is -2.15. The molecule has 5 nitrogen and oxygen atoms in total. The molecule has 1 rings (SSSR count). The monoisotopic (exact) mass is 251 g/mol. The number of benzene rings is 1. The minimum atomic E-state index is -0.486. The summed E-state index contributed by atoms with van der Waals surface area (Å²) in [5, 5.41) is 0. The van der Waals surface area contributed by atoms with E-state index in [-0.39, 0.29) is 11.9 Å². The molecule has 0 saturated carbocycles. The maximum atomic E-state index is 11.5. The zero-order valence-electron chi connectivity index (χ0n) is 10.7. The standard InChI is InChI=1S/C13H17NO4/c1-8(12(15)17-2)6-9-4-5-11(14)10(7-9)13(16)18-3/h4-5,7-8H,6,14H2,1-3H3. The van der Waals surface area contributed by atoms with E-state index in [9.17, 15) is 9.59 Å². The highest BCUT2D eigenvalue weighted by molar-refractivity contribution is 5.95. The SMILES string of the molecule is COC(=O)c1cc(CC(C)C(=O)OC)ccc1N. The maximum Gasteiger partial charge on any atom is 0.339 e. The topological polar surface area (TPSA) is 78.6 Å². The van der Waals surface area contributed by atoms with Gasteiger partial charge in [0.1, 0.15) is 0 Å². The Balaban J connectivity index is 2.92. The smallest absolute Gasteiger partial charge is 0.339 e. The third-order valence-corrected chi connectivity index (χ3v) is 2.67. The fourth-order valence-corrected chi connectivity index (χ4v) is 1.66. The van der Waals surface area contributed by atoms with Crippen LogP contribution in [0.3, 0.4) is 0 Å². The van der Waals surface area contributed by atoms with Crippen LogP contribution >= 0.6 is 0 Å². The van der Waals surface area contributed by atoms with Crippen molar-refractivity contribution in [3.05, 3.63) is 29.3 Å². The highest BCUT2D eigenvalue weighted by Gasteiger charge is 2.16. The number of hydrogen-bond acceptors (Lipinski definition) is 5. The van der Waals surface area contributed by atoms with Crippen LogP contribution in [0.4, 0.5) is 5.69 Å². The Morgan fingerprint density at radius 3 is 2.50 bits per heavy atom. The number of hydrogen-bond donors (Lipinski definition) is 1. The predicted molar refractivity (Wildman–Crippen MR) is 67.1 cm³/mol. The van der Waals surface area contributed by atoms with Gasteiger partial charge in [0.2, 0.25) is 0 Å². The van der Waals surface area contributed by atoms with Crippen molar-refractivity contribution in [2.75, 3.05) is 20.0 Å². The van der Waals surface area contributed by atoms with Gasteiger partial charge in [-0.05, 0) is 24.1 Å². The van der Waals surface area contributed by atoms with Crippen molar-refractivity contribution in [3.8, 4) is 0 Å². The van der Waals surface area contributed by atoms with Crippen LogP contribution in [0.25, 0.3) is 0 Å². The predicted octanol–water partition coefficient (Wildman–Crippen LogP) is 1.41. The summed E-state index contributed by atoms with van der Waals surface area (Å²) in [5.74, 6) is -1.05. The number of nitrogens with two attached hydrogens (primary N) is 1. The summed E-state index contributed by atoms with van der Waals surface area (Å²) in [5.41, 5.74) is 7.20. The lowest BCUT2D eigenvalue weighted by Gasteiger charge is -2.11. The second-order valence-corrected chi connectivity index (χ2v) is 4.04. The van der Waals surface area contributed by atoms with E-state index >= 15 is 0 Å². The molecule has 0 saturated heterocycles. The Bertz CT molecular complexity index is 456. The lowest BCUT2D eigenvalue weighted by molar-refractivity contribution is -0.144. The summed E-state index contributed by atoms with van der Waals surface area (Å²) >= 11 is 0. The third-order valence-electron chi connectivity index (χ3n) is 2.67. The molecule has 18 heavy (non-hydrogen) atoms. The molecule has 1 aromatic carbocycles. The molecule has 0 spiro atoms. The molecular formula is C13H17NO4. The molecule has 1 unspecified atom stereocenters. The van der Waals surface area contributed by atoms with E-state index < -0.39 is 5.97 Å². The number of carbonyl (C=O) groups excluding carboxylic acids is 2. The van der Waals surface area contributed by atoms with Gasteiger partial charge in [-0.15, -0.1) is 0 Å². The van der Waals surface area contributed by atoms with Crippen molar-refractivity contribution < 1.29 is 19.1 Å². The number of methoxy groups -OCH3 is 2. The molecule has 1 atom stereocenters. The average molecular weight is 251 g/mol. The molecule has 0 aliphatic carbocycles. The molecule has 0 fully saturated rings. The van der Waals surface area contributed by atoms with Gasteiger partial charge in [-0.2, -0.15) is 0 Å². The third kappa shape index (κ3) is 3.23.